The van der Waals surface area contributed by atoms with Crippen LogP contribution in [0.15, 0.2) is 0 Å². The average molecular weight is 917 g/mol. The number of aliphatic hydroxyl groups excluding tert-OH is 1. The first-order valence-corrected chi connectivity index (χ1v) is 22.6. The molecule has 0 amide bonds. The molecule has 0 aromatic rings. The molecular weight excluding hydrogens is 813 g/mol. The van der Waals surface area contributed by atoms with Crippen molar-refractivity contribution in [3.63, 3.8) is 0 Å². The molecule has 3 aliphatic carbocycles. The number of esters is 2. The van der Waals surface area contributed by atoms with E-state index < -0.39 is 16.3 Å². The van der Waals surface area contributed by atoms with Crippen LogP contribution in [0.2, 0.25) is 0 Å². The van der Waals surface area contributed by atoms with Crippen molar-refractivity contribution in [2.45, 2.75) is 246 Å². The van der Waals surface area contributed by atoms with Gasteiger partial charge in [0.05, 0.1) is 16.9 Å². The van der Waals surface area contributed by atoms with Crippen LogP contribution in [0.1, 0.15) is 222 Å². The van der Waals surface area contributed by atoms with E-state index in [0.29, 0.717) is 16.2 Å². The number of hydrogen-bond donors (Lipinski definition) is 3. The first kappa shape index (κ1) is 68.9. The van der Waals surface area contributed by atoms with Crippen LogP contribution < -0.4 is 6.15 Å². The summed E-state index contributed by atoms with van der Waals surface area (Å²) in [5.74, 6) is 1.22. The molecule has 370 valence electrons. The number of carbonyl (C=O) groups excluding carboxylic acids is 2. The predicted octanol–water partition coefficient (Wildman–Crippen LogP) is 14.7. The zero-order chi connectivity index (χ0) is 44.6. The minimum atomic E-state index is -0.902. The summed E-state index contributed by atoms with van der Waals surface area (Å²) in [5.41, 5.74) is 0.237. The van der Waals surface area contributed by atoms with Crippen molar-refractivity contribution in [1.82, 2.24) is 6.15 Å². The predicted molar refractivity (Wildman–Crippen MR) is 262 cm³/mol. The minimum Gasteiger partial charge on any atom is -0.481 e. The fraction of sp³-hybridized carbons (Fsp3) is 0.940. The molecule has 1 heterocycles. The van der Waals surface area contributed by atoms with E-state index in [-0.39, 0.29) is 69.1 Å². The maximum atomic E-state index is 11.8. The Kier molecular flexibility index (Phi) is 34.1. The Bertz CT molecular complexity index is 1080. The fourth-order valence-electron chi connectivity index (χ4n) is 7.17. The van der Waals surface area contributed by atoms with Gasteiger partial charge in [0.2, 0.25) is 0 Å². The smallest absolute Gasteiger partial charge is 0.326 e. The van der Waals surface area contributed by atoms with Gasteiger partial charge in [-0.25, -0.2) is 0 Å². The zero-order valence-electron chi connectivity index (χ0n) is 41.1. The van der Waals surface area contributed by atoms with E-state index in [4.69, 9.17) is 30.9 Å². The first-order valence-electron chi connectivity index (χ1n) is 22.3. The van der Waals surface area contributed by atoms with Gasteiger partial charge in [-0.1, -0.05) is 77.2 Å². The summed E-state index contributed by atoms with van der Waals surface area (Å²) in [6.45, 7) is 36.7. The van der Waals surface area contributed by atoms with Crippen LogP contribution in [-0.2, 0) is 28.6 Å². The molecule has 1 saturated heterocycles. The molecule has 3 saturated carbocycles. The van der Waals surface area contributed by atoms with Gasteiger partial charge in [-0.15, -0.1) is 24.0 Å². The molecule has 0 aromatic carbocycles. The first-order chi connectivity index (χ1) is 25.7. The largest absolute Gasteiger partial charge is 0.481 e. The van der Waals surface area contributed by atoms with Gasteiger partial charge in [0.25, 0.3) is 0 Å². The number of ether oxygens (including phenoxy) is 3. The van der Waals surface area contributed by atoms with E-state index in [1.54, 1.807) is 34.6 Å². The quantitative estimate of drug-likeness (QED) is 0.185. The highest BCUT2D eigenvalue weighted by Gasteiger charge is 2.35. The lowest BCUT2D eigenvalue weighted by Crippen LogP contribution is -2.35. The third-order valence-electron chi connectivity index (χ3n) is 11.8. The SMILES string of the molecule is C.C.C1CCOC1.CC(C)(C)C(=O)O.CC(C)(C)C(=O)OC1CCC(C(C)(C)C)CC1.CC(C)(C)C1CCC(O)CC1.CC(C)(Cl)C(=O)OC1CCC(C(C)(C)C)CC1.Cl.N. The van der Waals surface area contributed by atoms with Crippen molar-refractivity contribution in [2.24, 2.45) is 44.8 Å². The summed E-state index contributed by atoms with van der Waals surface area (Å²) < 4.78 is 16.0. The molecule has 4 rings (SSSR count). The van der Waals surface area contributed by atoms with Crippen LogP contribution in [0.5, 0.6) is 0 Å². The second-order valence-electron chi connectivity index (χ2n) is 23.0. The van der Waals surface area contributed by atoms with Crippen molar-refractivity contribution in [2.75, 3.05) is 13.2 Å². The van der Waals surface area contributed by atoms with Crippen LogP contribution in [0.4, 0.5) is 0 Å². The Morgan fingerprint density at radius 1 is 0.508 bits per heavy atom. The number of alkyl halides is 1. The molecule has 0 spiro atoms. The van der Waals surface area contributed by atoms with Gasteiger partial charge in [0.1, 0.15) is 17.1 Å². The van der Waals surface area contributed by atoms with Crippen molar-refractivity contribution in [1.29, 1.82) is 0 Å². The molecule has 1 aliphatic heterocycles. The highest BCUT2D eigenvalue weighted by atomic mass is 35.5. The van der Waals surface area contributed by atoms with Crippen LogP contribution in [0, 0.1) is 44.8 Å². The van der Waals surface area contributed by atoms with E-state index >= 15 is 0 Å². The molecular formula is C50H103Cl2NO8. The summed E-state index contributed by atoms with van der Waals surface area (Å²) in [4.78, 5) is 32.6. The van der Waals surface area contributed by atoms with Gasteiger partial charge < -0.3 is 30.6 Å². The van der Waals surface area contributed by atoms with Gasteiger partial charge in [0, 0.05) is 13.2 Å². The third-order valence-corrected chi connectivity index (χ3v) is 12.0. The Labute approximate surface area is 389 Å². The molecule has 5 N–H and O–H groups in total. The number of hydrogen-bond acceptors (Lipinski definition) is 8. The molecule has 0 bridgehead atoms. The molecule has 9 nitrogen and oxygen atoms in total. The van der Waals surface area contributed by atoms with E-state index in [2.05, 4.69) is 62.3 Å². The minimum absolute atomic E-state index is 0. The number of aliphatic hydroxyl groups is 1. The Balaban J connectivity index is -0.000000223. The van der Waals surface area contributed by atoms with E-state index in [9.17, 15) is 19.5 Å². The molecule has 0 atom stereocenters. The van der Waals surface area contributed by atoms with Crippen LogP contribution >= 0.6 is 24.0 Å². The summed E-state index contributed by atoms with van der Waals surface area (Å²) in [6.07, 6.45) is 15.9. The second-order valence-corrected chi connectivity index (χ2v) is 23.9. The monoisotopic (exact) mass is 916 g/mol. The van der Waals surface area contributed by atoms with Gasteiger partial charge in [-0.05, 0) is 179 Å². The third kappa shape index (κ3) is 31.4. The fourth-order valence-corrected chi connectivity index (χ4v) is 7.21. The standard InChI is InChI=1S/C15H28O2.C14H25ClO2.C10H20O.C5H10O2.C4H8O.2CH4.ClH.H3N/c1-14(2,3)11-7-9-12(10-8-11)17-13(16)15(4,5)6;1-13(2,3)10-6-8-11(9-7-10)17-12(16)14(4,5)15;1-10(2,3)8-4-6-9(11)7-5-8;1-5(2,3)4(6)7;1-2-4-5-3-1;;;;/h11-12H,7-10H2,1-6H3;10-11H,6-9H2,1-5H3;8-9,11H,4-7H2,1-3H3;1-3H3,(H,6,7);1-4H2;2*1H4;1H;1H3. The molecule has 61 heavy (non-hydrogen) atoms. The van der Waals surface area contributed by atoms with Gasteiger partial charge in [0.15, 0.2) is 0 Å². The molecule has 0 unspecified atom stereocenters. The Morgan fingerprint density at radius 3 is 0.967 bits per heavy atom. The maximum Gasteiger partial charge on any atom is 0.326 e. The van der Waals surface area contributed by atoms with Crippen LogP contribution in [0.3, 0.4) is 0 Å². The normalized spacial score (nSPS) is 24.2. The topological polar surface area (TPSA) is 154 Å². The number of carboxylic acids is 1. The van der Waals surface area contributed by atoms with Crippen molar-refractivity contribution in [3.05, 3.63) is 0 Å². The van der Waals surface area contributed by atoms with E-state index in [0.717, 1.165) is 82.3 Å². The highest BCUT2D eigenvalue weighted by molar-refractivity contribution is 6.33. The number of rotatable bonds is 3. The molecule has 4 aliphatic rings. The average Bonchev–Trinajstić information content (AvgIpc) is 3.65. The molecule has 0 radical (unpaired) electrons. The van der Waals surface area contributed by atoms with E-state index in [1.165, 1.54) is 38.5 Å². The van der Waals surface area contributed by atoms with Crippen LogP contribution in [0.25, 0.3) is 0 Å². The number of carbonyl (C=O) groups is 3. The number of halogens is 2. The lowest BCUT2D eigenvalue weighted by Gasteiger charge is -2.37. The number of aliphatic carboxylic acids is 1. The summed E-state index contributed by atoms with van der Waals surface area (Å²) in [5, 5.41) is 17.5. The number of carboxylic acid groups (broad SMARTS) is 1. The van der Waals surface area contributed by atoms with Gasteiger partial charge in [-0.2, -0.15) is 0 Å². The molecule has 0 aromatic heterocycles. The van der Waals surface area contributed by atoms with Crippen LogP contribution in [-0.4, -0.2) is 64.5 Å². The van der Waals surface area contributed by atoms with Gasteiger partial charge in [-0.3, -0.25) is 14.4 Å². The van der Waals surface area contributed by atoms with Crippen molar-refractivity contribution in [3.8, 4) is 0 Å². The summed E-state index contributed by atoms with van der Waals surface area (Å²) in [6, 6.07) is 0. The van der Waals surface area contributed by atoms with Gasteiger partial charge >= 0.3 is 17.9 Å². The van der Waals surface area contributed by atoms with Crippen molar-refractivity contribution < 1.29 is 38.8 Å². The summed E-state index contributed by atoms with van der Waals surface area (Å²) in [7, 11) is 0. The highest BCUT2D eigenvalue weighted by Crippen LogP contribution is 2.40. The van der Waals surface area contributed by atoms with E-state index in [1.807, 2.05) is 20.8 Å². The summed E-state index contributed by atoms with van der Waals surface area (Å²) >= 11 is 5.93. The Morgan fingerprint density at radius 2 is 0.770 bits per heavy atom. The molecule has 11 heteroatoms. The Hall–Kier alpha value is -1.13. The molecule has 4 fully saturated rings. The lowest BCUT2D eigenvalue weighted by molar-refractivity contribution is -0.161. The maximum absolute atomic E-state index is 11.8. The second kappa shape index (κ2) is 30.1. The zero-order valence-corrected chi connectivity index (χ0v) is 42.7. The lowest BCUT2D eigenvalue weighted by atomic mass is 9.72. The van der Waals surface area contributed by atoms with Crippen molar-refractivity contribution >= 4 is 41.9 Å².